The standard InChI is InChI=1S/C26H16Cl3N3O3S/c1-13-2-3-14(10-18(13)28)25-31-20-12-16(5-7-22(20)35-25)30-26(36)32-24(33)23-9-8-21(34-23)17-6-4-15(27)11-19(17)29/h2-12H,1H3,(H2,30,32,33,36). The van der Waals surface area contributed by atoms with Crippen LogP contribution in [0.2, 0.25) is 15.1 Å². The van der Waals surface area contributed by atoms with Crippen LogP contribution >= 0.6 is 47.0 Å². The first-order valence-corrected chi connectivity index (χ1v) is 12.2. The number of hydrogen-bond acceptors (Lipinski definition) is 5. The molecule has 3 aromatic carbocycles. The van der Waals surface area contributed by atoms with Crippen LogP contribution in [0.4, 0.5) is 5.69 Å². The van der Waals surface area contributed by atoms with Crippen LogP contribution in [-0.2, 0) is 0 Å². The van der Waals surface area contributed by atoms with Crippen LogP contribution in [0.25, 0.3) is 33.9 Å². The second-order valence-electron chi connectivity index (χ2n) is 7.86. The van der Waals surface area contributed by atoms with E-state index in [4.69, 9.17) is 55.9 Å². The van der Waals surface area contributed by atoms with Crippen LogP contribution in [0.1, 0.15) is 16.1 Å². The van der Waals surface area contributed by atoms with Crippen molar-refractivity contribution in [1.82, 2.24) is 10.3 Å². The third-order valence-corrected chi connectivity index (χ3v) is 6.48. The van der Waals surface area contributed by atoms with Gasteiger partial charge >= 0.3 is 0 Å². The van der Waals surface area contributed by atoms with Crippen LogP contribution in [0.5, 0.6) is 0 Å². The number of anilines is 1. The Hall–Kier alpha value is -3.36. The molecule has 0 saturated heterocycles. The number of carbonyl (C=O) groups excluding carboxylic acids is 1. The molecular weight excluding hydrogens is 541 g/mol. The van der Waals surface area contributed by atoms with E-state index < -0.39 is 5.91 Å². The normalized spacial score (nSPS) is 11.0. The number of amides is 1. The van der Waals surface area contributed by atoms with Crippen LogP contribution in [0.3, 0.4) is 0 Å². The van der Waals surface area contributed by atoms with Crippen molar-refractivity contribution in [2.24, 2.45) is 0 Å². The summed E-state index contributed by atoms with van der Waals surface area (Å²) in [5, 5.41) is 7.22. The van der Waals surface area contributed by atoms with Gasteiger partial charge in [-0.25, -0.2) is 4.98 Å². The molecule has 0 bridgehead atoms. The second-order valence-corrected chi connectivity index (χ2v) is 9.52. The topological polar surface area (TPSA) is 80.3 Å². The monoisotopic (exact) mass is 555 g/mol. The summed E-state index contributed by atoms with van der Waals surface area (Å²) in [6, 6.07) is 19.1. The summed E-state index contributed by atoms with van der Waals surface area (Å²) in [5.74, 6) is 0.454. The highest BCUT2D eigenvalue weighted by atomic mass is 35.5. The molecule has 0 saturated carbocycles. The molecule has 0 fully saturated rings. The zero-order valence-electron chi connectivity index (χ0n) is 18.6. The van der Waals surface area contributed by atoms with E-state index in [2.05, 4.69) is 15.6 Å². The molecule has 5 rings (SSSR count). The van der Waals surface area contributed by atoms with Crippen molar-refractivity contribution < 1.29 is 13.6 Å². The first-order chi connectivity index (χ1) is 17.3. The van der Waals surface area contributed by atoms with E-state index in [0.29, 0.717) is 49.1 Å². The predicted octanol–water partition coefficient (Wildman–Crippen LogP) is 8.15. The summed E-state index contributed by atoms with van der Waals surface area (Å²) in [6.45, 7) is 1.93. The molecule has 0 atom stereocenters. The summed E-state index contributed by atoms with van der Waals surface area (Å²) >= 11 is 23.7. The number of aromatic nitrogens is 1. The molecule has 2 aromatic heterocycles. The smallest absolute Gasteiger partial charge is 0.293 e. The second kappa shape index (κ2) is 9.95. The van der Waals surface area contributed by atoms with Crippen LogP contribution < -0.4 is 10.6 Å². The lowest BCUT2D eigenvalue weighted by Gasteiger charge is -2.08. The Kier molecular flexibility index (Phi) is 6.73. The van der Waals surface area contributed by atoms with E-state index in [1.165, 1.54) is 0 Å². The number of hydrogen-bond donors (Lipinski definition) is 2. The highest BCUT2D eigenvalue weighted by Gasteiger charge is 2.16. The molecule has 0 unspecified atom stereocenters. The minimum absolute atomic E-state index is 0.0773. The van der Waals surface area contributed by atoms with E-state index in [1.54, 1.807) is 48.5 Å². The lowest BCUT2D eigenvalue weighted by molar-refractivity contribution is 0.0951. The van der Waals surface area contributed by atoms with Gasteiger partial charge in [0.1, 0.15) is 11.3 Å². The minimum atomic E-state index is -0.509. The van der Waals surface area contributed by atoms with Gasteiger partial charge in [0, 0.05) is 26.9 Å². The lowest BCUT2D eigenvalue weighted by Crippen LogP contribution is -2.33. The molecule has 180 valence electrons. The van der Waals surface area contributed by atoms with E-state index in [9.17, 15) is 4.79 Å². The van der Waals surface area contributed by atoms with Crippen molar-refractivity contribution in [3.8, 4) is 22.8 Å². The number of furan rings is 1. The van der Waals surface area contributed by atoms with Gasteiger partial charge in [0.25, 0.3) is 5.91 Å². The Labute approximate surface area is 226 Å². The molecule has 5 aromatic rings. The average Bonchev–Trinajstić information content (AvgIpc) is 3.48. The molecule has 6 nitrogen and oxygen atoms in total. The largest absolute Gasteiger partial charge is 0.451 e. The van der Waals surface area contributed by atoms with E-state index in [-0.39, 0.29) is 10.9 Å². The van der Waals surface area contributed by atoms with Crippen LogP contribution in [-0.4, -0.2) is 16.0 Å². The number of aryl methyl sites for hydroxylation is 1. The number of nitrogens with one attached hydrogen (secondary N) is 2. The SMILES string of the molecule is Cc1ccc(-c2nc3cc(NC(=S)NC(=O)c4ccc(-c5ccc(Cl)cc5Cl)o4)ccc3o2)cc1Cl. The average molecular weight is 557 g/mol. The summed E-state index contributed by atoms with van der Waals surface area (Å²) in [7, 11) is 0. The molecule has 1 amide bonds. The summed E-state index contributed by atoms with van der Waals surface area (Å²) in [4.78, 5) is 17.2. The molecule has 36 heavy (non-hydrogen) atoms. The highest BCUT2D eigenvalue weighted by Crippen LogP contribution is 2.32. The maximum atomic E-state index is 12.6. The maximum absolute atomic E-state index is 12.6. The van der Waals surface area contributed by atoms with Crippen molar-refractivity contribution in [2.75, 3.05) is 5.32 Å². The summed E-state index contributed by atoms with van der Waals surface area (Å²) in [6.07, 6.45) is 0. The third-order valence-electron chi connectivity index (χ3n) is 5.32. The molecule has 0 radical (unpaired) electrons. The zero-order valence-corrected chi connectivity index (χ0v) is 21.6. The Morgan fingerprint density at radius 2 is 1.75 bits per heavy atom. The Morgan fingerprint density at radius 1 is 0.917 bits per heavy atom. The first-order valence-electron chi connectivity index (χ1n) is 10.6. The number of fused-ring (bicyclic) bond motifs is 1. The van der Waals surface area contributed by atoms with Gasteiger partial charge in [0.05, 0.1) is 5.02 Å². The van der Waals surface area contributed by atoms with Gasteiger partial charge in [-0.1, -0.05) is 40.9 Å². The lowest BCUT2D eigenvalue weighted by atomic mass is 10.1. The van der Waals surface area contributed by atoms with Gasteiger partial charge in [-0.05, 0) is 85.4 Å². The molecule has 2 heterocycles. The Bertz CT molecular complexity index is 1640. The fourth-order valence-corrected chi connectivity index (χ4v) is 4.37. The third kappa shape index (κ3) is 5.10. The van der Waals surface area contributed by atoms with Crippen molar-refractivity contribution in [1.29, 1.82) is 0 Å². The fourth-order valence-electron chi connectivity index (χ4n) is 3.48. The Balaban J connectivity index is 1.27. The Morgan fingerprint density at radius 3 is 2.53 bits per heavy atom. The number of halogens is 3. The fraction of sp³-hybridized carbons (Fsp3) is 0.0385. The maximum Gasteiger partial charge on any atom is 0.293 e. The van der Waals surface area contributed by atoms with Gasteiger partial charge in [-0.2, -0.15) is 0 Å². The van der Waals surface area contributed by atoms with Gasteiger partial charge in [0.15, 0.2) is 16.5 Å². The van der Waals surface area contributed by atoms with Gasteiger partial charge < -0.3 is 14.2 Å². The van der Waals surface area contributed by atoms with Crippen LogP contribution in [0, 0.1) is 6.92 Å². The van der Waals surface area contributed by atoms with E-state index in [1.807, 2.05) is 25.1 Å². The molecule has 0 aliphatic carbocycles. The molecule has 0 aliphatic rings. The van der Waals surface area contributed by atoms with Gasteiger partial charge in [-0.3, -0.25) is 10.1 Å². The quantitative estimate of drug-likeness (QED) is 0.217. The van der Waals surface area contributed by atoms with Gasteiger partial charge in [-0.15, -0.1) is 0 Å². The number of benzene rings is 3. The first kappa shape index (κ1) is 24.3. The zero-order chi connectivity index (χ0) is 25.4. The molecule has 2 N–H and O–H groups in total. The van der Waals surface area contributed by atoms with Crippen molar-refractivity contribution in [3.63, 3.8) is 0 Å². The molecular formula is C26H16Cl3N3O3S. The number of nitrogens with zero attached hydrogens (tertiary/aromatic N) is 1. The van der Waals surface area contributed by atoms with Gasteiger partial charge in [0.2, 0.25) is 5.89 Å². The van der Waals surface area contributed by atoms with E-state index in [0.717, 1.165) is 11.1 Å². The van der Waals surface area contributed by atoms with Crippen molar-refractivity contribution >= 4 is 74.8 Å². The highest BCUT2D eigenvalue weighted by molar-refractivity contribution is 7.80. The summed E-state index contributed by atoms with van der Waals surface area (Å²) in [5.41, 5.74) is 4.22. The number of thiocarbonyl (C=S) groups is 1. The number of rotatable bonds is 4. The minimum Gasteiger partial charge on any atom is -0.451 e. The number of oxazole rings is 1. The van der Waals surface area contributed by atoms with Crippen molar-refractivity contribution in [3.05, 3.63) is 93.1 Å². The van der Waals surface area contributed by atoms with E-state index >= 15 is 0 Å². The van der Waals surface area contributed by atoms with Crippen LogP contribution in [0.15, 0.2) is 75.6 Å². The van der Waals surface area contributed by atoms with Crippen molar-refractivity contribution in [2.45, 2.75) is 6.92 Å². The number of carbonyl (C=O) groups is 1. The molecule has 10 heteroatoms. The molecule has 0 aliphatic heterocycles. The molecule has 0 spiro atoms. The summed E-state index contributed by atoms with van der Waals surface area (Å²) < 4.78 is 11.5. The predicted molar refractivity (Wildman–Crippen MR) is 147 cm³/mol.